The summed E-state index contributed by atoms with van der Waals surface area (Å²) in [6.07, 6.45) is 5.39. The van der Waals surface area contributed by atoms with Crippen LogP contribution >= 0.6 is 0 Å². The number of hydrogen-bond donors (Lipinski definition) is 2. The summed E-state index contributed by atoms with van der Waals surface area (Å²) in [5.74, 6) is 0.526. The zero-order valence-electron chi connectivity index (χ0n) is 15.6. The second-order valence-electron chi connectivity index (χ2n) is 7.14. The third kappa shape index (κ3) is 4.31. The van der Waals surface area contributed by atoms with Gasteiger partial charge in [0.15, 0.2) is 5.82 Å². The molecule has 27 heavy (non-hydrogen) atoms. The standard InChI is InChI=1S/C20H27N5O2/c26-20-19(21-7-8-22-20)25-9-3-5-17(15-25)23-14-16-4-1-2-6-18(16)24-10-12-27-13-11-24/h1-2,4,6-8,17,23H,3,5,9-15H2,(H,22,26)/t17-/m0/s1. The maximum absolute atomic E-state index is 12.0. The second-order valence-corrected chi connectivity index (χ2v) is 7.14. The highest BCUT2D eigenvalue weighted by atomic mass is 16.5. The van der Waals surface area contributed by atoms with Gasteiger partial charge < -0.3 is 24.8 Å². The van der Waals surface area contributed by atoms with Crippen molar-refractivity contribution in [1.29, 1.82) is 0 Å². The Hall–Kier alpha value is -2.38. The molecule has 2 aromatic rings. The van der Waals surface area contributed by atoms with Gasteiger partial charge in [0.1, 0.15) is 0 Å². The number of ether oxygens (including phenoxy) is 1. The number of H-pyrrole nitrogens is 1. The molecule has 2 aliphatic rings. The first-order chi connectivity index (χ1) is 13.3. The number of hydrogen-bond acceptors (Lipinski definition) is 6. The second kappa shape index (κ2) is 8.54. The Balaban J connectivity index is 1.40. The summed E-state index contributed by atoms with van der Waals surface area (Å²) in [6.45, 7) is 5.97. The monoisotopic (exact) mass is 369 g/mol. The van der Waals surface area contributed by atoms with Gasteiger partial charge in [-0.15, -0.1) is 0 Å². The summed E-state index contributed by atoms with van der Waals surface area (Å²) in [6, 6.07) is 8.94. The number of para-hydroxylation sites is 1. The lowest BCUT2D eigenvalue weighted by molar-refractivity contribution is 0.122. The number of benzene rings is 1. The summed E-state index contributed by atoms with van der Waals surface area (Å²) >= 11 is 0. The minimum absolute atomic E-state index is 0.115. The van der Waals surface area contributed by atoms with Crippen LogP contribution in [0.1, 0.15) is 18.4 Å². The number of morpholine rings is 1. The SMILES string of the molecule is O=c1[nH]ccnc1N1CCC[C@H](NCc2ccccc2N2CCOCC2)C1. The molecule has 3 heterocycles. The Labute approximate surface area is 159 Å². The fourth-order valence-electron chi connectivity index (χ4n) is 3.93. The van der Waals surface area contributed by atoms with Crippen molar-refractivity contribution in [3.05, 3.63) is 52.6 Å². The van der Waals surface area contributed by atoms with Crippen molar-refractivity contribution in [2.75, 3.05) is 49.2 Å². The lowest BCUT2D eigenvalue weighted by Crippen LogP contribution is -2.47. The summed E-state index contributed by atoms with van der Waals surface area (Å²) < 4.78 is 5.48. The first-order valence-electron chi connectivity index (χ1n) is 9.74. The van der Waals surface area contributed by atoms with E-state index in [-0.39, 0.29) is 5.56 Å². The molecule has 0 radical (unpaired) electrons. The van der Waals surface area contributed by atoms with Crippen LogP contribution in [0.25, 0.3) is 0 Å². The van der Waals surface area contributed by atoms with Gasteiger partial charge in [0, 0.05) is 56.8 Å². The van der Waals surface area contributed by atoms with Crippen molar-refractivity contribution in [2.45, 2.75) is 25.4 Å². The maximum atomic E-state index is 12.0. The molecule has 0 bridgehead atoms. The van der Waals surface area contributed by atoms with Crippen LogP contribution in [0.5, 0.6) is 0 Å². The molecule has 1 aromatic carbocycles. The van der Waals surface area contributed by atoms with Gasteiger partial charge in [-0.1, -0.05) is 18.2 Å². The number of nitrogens with one attached hydrogen (secondary N) is 2. The van der Waals surface area contributed by atoms with Crippen LogP contribution in [-0.4, -0.2) is 55.4 Å². The first-order valence-corrected chi connectivity index (χ1v) is 9.74. The largest absolute Gasteiger partial charge is 0.378 e. The molecule has 0 spiro atoms. The quantitative estimate of drug-likeness (QED) is 0.829. The number of nitrogens with zero attached hydrogens (tertiary/aromatic N) is 3. The zero-order chi connectivity index (χ0) is 18.5. The molecule has 0 unspecified atom stereocenters. The van der Waals surface area contributed by atoms with Crippen molar-refractivity contribution in [3.8, 4) is 0 Å². The Morgan fingerprint density at radius 3 is 2.89 bits per heavy atom. The Morgan fingerprint density at radius 2 is 2.04 bits per heavy atom. The lowest BCUT2D eigenvalue weighted by atomic mass is 10.0. The van der Waals surface area contributed by atoms with Crippen LogP contribution in [0.4, 0.5) is 11.5 Å². The highest BCUT2D eigenvalue weighted by Crippen LogP contribution is 2.22. The number of piperidine rings is 1. The molecule has 144 valence electrons. The van der Waals surface area contributed by atoms with Gasteiger partial charge in [0.2, 0.25) is 0 Å². The van der Waals surface area contributed by atoms with E-state index in [4.69, 9.17) is 4.74 Å². The molecular formula is C20H27N5O2. The summed E-state index contributed by atoms with van der Waals surface area (Å²) in [5.41, 5.74) is 2.49. The van der Waals surface area contributed by atoms with E-state index in [9.17, 15) is 4.79 Å². The first kappa shape index (κ1) is 18.0. The molecule has 1 aromatic heterocycles. The maximum Gasteiger partial charge on any atom is 0.290 e. The topological polar surface area (TPSA) is 73.5 Å². The van der Waals surface area contributed by atoms with Crippen LogP contribution in [0.15, 0.2) is 41.5 Å². The summed E-state index contributed by atoms with van der Waals surface area (Å²) in [4.78, 5) is 23.5. The Kier molecular flexibility index (Phi) is 5.69. The van der Waals surface area contributed by atoms with Gasteiger partial charge in [-0.3, -0.25) is 4.79 Å². The van der Waals surface area contributed by atoms with Crippen molar-refractivity contribution in [2.24, 2.45) is 0 Å². The van der Waals surface area contributed by atoms with E-state index in [2.05, 4.69) is 49.4 Å². The van der Waals surface area contributed by atoms with Gasteiger partial charge in [0.05, 0.1) is 13.2 Å². The van der Waals surface area contributed by atoms with Crippen molar-refractivity contribution < 1.29 is 4.74 Å². The minimum atomic E-state index is -0.115. The van der Waals surface area contributed by atoms with Crippen molar-refractivity contribution >= 4 is 11.5 Å². The van der Waals surface area contributed by atoms with E-state index in [1.54, 1.807) is 12.4 Å². The van der Waals surface area contributed by atoms with Gasteiger partial charge in [-0.05, 0) is 24.5 Å². The number of aromatic amines is 1. The van der Waals surface area contributed by atoms with Crippen LogP contribution in [0.3, 0.4) is 0 Å². The molecule has 7 nitrogen and oxygen atoms in total. The lowest BCUT2D eigenvalue weighted by Gasteiger charge is -2.34. The molecule has 2 fully saturated rings. The van der Waals surface area contributed by atoms with E-state index in [1.165, 1.54) is 11.3 Å². The van der Waals surface area contributed by atoms with Crippen LogP contribution in [0.2, 0.25) is 0 Å². The third-order valence-electron chi connectivity index (χ3n) is 5.33. The van der Waals surface area contributed by atoms with Crippen LogP contribution in [-0.2, 0) is 11.3 Å². The molecule has 1 atom stereocenters. The summed E-state index contributed by atoms with van der Waals surface area (Å²) in [5, 5.41) is 3.70. The van der Waals surface area contributed by atoms with E-state index < -0.39 is 0 Å². The normalized spacial score (nSPS) is 20.7. The summed E-state index contributed by atoms with van der Waals surface area (Å²) in [7, 11) is 0. The molecule has 4 rings (SSSR count). The third-order valence-corrected chi connectivity index (χ3v) is 5.33. The molecule has 7 heteroatoms. The van der Waals surface area contributed by atoms with E-state index in [0.29, 0.717) is 11.9 Å². The molecule has 2 saturated heterocycles. The number of anilines is 2. The molecule has 2 aliphatic heterocycles. The van der Waals surface area contributed by atoms with Gasteiger partial charge in [-0.25, -0.2) is 4.98 Å². The highest BCUT2D eigenvalue weighted by Gasteiger charge is 2.23. The highest BCUT2D eigenvalue weighted by molar-refractivity contribution is 5.54. The molecule has 0 saturated carbocycles. The predicted molar refractivity (Wildman–Crippen MR) is 106 cm³/mol. The Morgan fingerprint density at radius 1 is 1.19 bits per heavy atom. The molecular weight excluding hydrogens is 342 g/mol. The van der Waals surface area contributed by atoms with E-state index in [1.807, 2.05) is 0 Å². The number of aromatic nitrogens is 2. The smallest absolute Gasteiger partial charge is 0.290 e. The van der Waals surface area contributed by atoms with E-state index in [0.717, 1.165) is 58.8 Å². The minimum Gasteiger partial charge on any atom is -0.378 e. The fraction of sp³-hybridized carbons (Fsp3) is 0.500. The van der Waals surface area contributed by atoms with Gasteiger partial charge >= 0.3 is 0 Å². The van der Waals surface area contributed by atoms with E-state index >= 15 is 0 Å². The van der Waals surface area contributed by atoms with Gasteiger partial charge in [0.25, 0.3) is 5.56 Å². The predicted octanol–water partition coefficient (Wildman–Crippen LogP) is 1.37. The van der Waals surface area contributed by atoms with Crippen molar-refractivity contribution in [1.82, 2.24) is 15.3 Å². The Bertz CT molecular complexity index is 803. The average molecular weight is 369 g/mol. The van der Waals surface area contributed by atoms with Crippen LogP contribution < -0.4 is 20.7 Å². The van der Waals surface area contributed by atoms with Crippen molar-refractivity contribution in [3.63, 3.8) is 0 Å². The molecule has 2 N–H and O–H groups in total. The van der Waals surface area contributed by atoms with Gasteiger partial charge in [-0.2, -0.15) is 0 Å². The van der Waals surface area contributed by atoms with Crippen LogP contribution in [0, 0.1) is 0 Å². The fourth-order valence-corrected chi connectivity index (χ4v) is 3.93. The average Bonchev–Trinajstić information content (AvgIpc) is 2.74. The molecule has 0 aliphatic carbocycles. The zero-order valence-corrected chi connectivity index (χ0v) is 15.6. The number of rotatable bonds is 5. The molecule has 0 amide bonds.